The molecule has 13 heavy (non-hydrogen) atoms. The Kier molecular flexibility index (Phi) is 5.40. The summed E-state index contributed by atoms with van der Waals surface area (Å²) in [5.74, 6) is 0.978. The van der Waals surface area contributed by atoms with Crippen LogP contribution in [0.15, 0.2) is 0 Å². The van der Waals surface area contributed by atoms with E-state index >= 15 is 0 Å². The lowest BCUT2D eigenvalue weighted by Crippen LogP contribution is -2.27. The van der Waals surface area contributed by atoms with Gasteiger partial charge in [-0.25, -0.2) is 0 Å². The third-order valence-corrected chi connectivity index (χ3v) is 2.84. The van der Waals surface area contributed by atoms with Gasteiger partial charge in [0.1, 0.15) is 0 Å². The van der Waals surface area contributed by atoms with Crippen LogP contribution in [0.25, 0.3) is 0 Å². The second-order valence-electron chi connectivity index (χ2n) is 4.07. The molecular weight excluding hydrogens is 162 g/mol. The Hall–Kier alpha value is -0.0800. The number of ether oxygens (including phenoxy) is 1. The van der Waals surface area contributed by atoms with Crippen LogP contribution >= 0.6 is 0 Å². The molecule has 1 fully saturated rings. The van der Waals surface area contributed by atoms with Crippen molar-refractivity contribution in [3.05, 3.63) is 0 Å². The zero-order valence-corrected chi connectivity index (χ0v) is 9.01. The van der Waals surface area contributed by atoms with E-state index in [-0.39, 0.29) is 0 Å². The molecule has 0 aromatic carbocycles. The van der Waals surface area contributed by atoms with Gasteiger partial charge in [-0.05, 0) is 25.8 Å². The predicted molar refractivity (Wildman–Crippen MR) is 55.9 cm³/mol. The third kappa shape index (κ3) is 4.63. The Morgan fingerprint density at radius 3 is 2.77 bits per heavy atom. The first-order valence-corrected chi connectivity index (χ1v) is 5.65. The van der Waals surface area contributed by atoms with Gasteiger partial charge in [-0.15, -0.1) is 0 Å². The second-order valence-corrected chi connectivity index (χ2v) is 4.07. The second kappa shape index (κ2) is 6.39. The zero-order valence-electron chi connectivity index (χ0n) is 9.01. The van der Waals surface area contributed by atoms with Gasteiger partial charge < -0.3 is 10.1 Å². The van der Waals surface area contributed by atoms with Crippen LogP contribution < -0.4 is 5.32 Å². The summed E-state index contributed by atoms with van der Waals surface area (Å²) in [6.07, 6.45) is 5.96. The van der Waals surface area contributed by atoms with E-state index in [2.05, 4.69) is 19.2 Å². The molecule has 78 valence electrons. The van der Waals surface area contributed by atoms with E-state index in [0.717, 1.165) is 25.6 Å². The lowest BCUT2D eigenvalue weighted by molar-refractivity contribution is 0.0496. The summed E-state index contributed by atoms with van der Waals surface area (Å²) in [5, 5.41) is 3.29. The Morgan fingerprint density at radius 1 is 1.46 bits per heavy atom. The van der Waals surface area contributed by atoms with Crippen LogP contribution in [0, 0.1) is 5.92 Å². The summed E-state index contributed by atoms with van der Waals surface area (Å²) in [5.41, 5.74) is 0. The molecule has 1 saturated carbocycles. The average molecular weight is 185 g/mol. The Balaban J connectivity index is 1.85. The van der Waals surface area contributed by atoms with Crippen molar-refractivity contribution in [2.75, 3.05) is 19.7 Å². The summed E-state index contributed by atoms with van der Waals surface area (Å²) in [4.78, 5) is 0. The minimum Gasteiger partial charge on any atom is -0.377 e. The largest absolute Gasteiger partial charge is 0.377 e. The lowest BCUT2D eigenvalue weighted by Gasteiger charge is -2.25. The normalized spacial score (nSPS) is 19.8. The van der Waals surface area contributed by atoms with Crippen molar-refractivity contribution in [2.45, 2.75) is 45.6 Å². The monoisotopic (exact) mass is 185 g/mol. The first-order chi connectivity index (χ1) is 6.33. The van der Waals surface area contributed by atoms with E-state index in [1.54, 1.807) is 0 Å². The molecule has 0 saturated heterocycles. The molecule has 2 heteroatoms. The molecule has 0 spiro atoms. The summed E-state index contributed by atoms with van der Waals surface area (Å²) >= 11 is 0. The molecule has 2 nitrogen and oxygen atoms in total. The molecule has 0 bridgehead atoms. The molecule has 1 unspecified atom stereocenters. The molecular formula is C11H23NO. The van der Waals surface area contributed by atoms with Gasteiger partial charge in [0.25, 0.3) is 0 Å². The van der Waals surface area contributed by atoms with Crippen LogP contribution in [0.5, 0.6) is 0 Å². The van der Waals surface area contributed by atoms with Gasteiger partial charge in [-0.2, -0.15) is 0 Å². The van der Waals surface area contributed by atoms with Gasteiger partial charge in [-0.1, -0.05) is 26.2 Å². The topological polar surface area (TPSA) is 21.3 Å². The minimum absolute atomic E-state index is 0.375. The predicted octanol–water partition coefficient (Wildman–Crippen LogP) is 2.19. The highest BCUT2D eigenvalue weighted by Crippen LogP contribution is 2.29. The average Bonchev–Trinajstić information content (AvgIpc) is 2.06. The maximum Gasteiger partial charge on any atom is 0.0671 e. The van der Waals surface area contributed by atoms with Crippen molar-refractivity contribution in [3.8, 4) is 0 Å². The molecule has 0 aliphatic heterocycles. The number of hydrogen-bond donors (Lipinski definition) is 1. The van der Waals surface area contributed by atoms with Gasteiger partial charge in [0, 0.05) is 13.2 Å². The van der Waals surface area contributed by atoms with Gasteiger partial charge >= 0.3 is 0 Å². The van der Waals surface area contributed by atoms with Crippen LogP contribution in [0.1, 0.15) is 39.5 Å². The molecule has 0 aromatic rings. The molecule has 1 N–H and O–H groups in total. The van der Waals surface area contributed by atoms with Crippen molar-refractivity contribution in [1.82, 2.24) is 5.32 Å². The number of likely N-dealkylation sites (N-methyl/N-ethyl adjacent to an activating group) is 1. The van der Waals surface area contributed by atoms with Crippen LogP contribution in [-0.2, 0) is 4.74 Å². The highest BCUT2D eigenvalue weighted by atomic mass is 16.5. The van der Waals surface area contributed by atoms with Gasteiger partial charge in [0.15, 0.2) is 0 Å². The first-order valence-electron chi connectivity index (χ1n) is 5.65. The molecule has 1 aliphatic carbocycles. The van der Waals surface area contributed by atoms with Gasteiger partial charge in [0.05, 0.1) is 6.10 Å². The minimum atomic E-state index is 0.375. The summed E-state index contributed by atoms with van der Waals surface area (Å²) in [6.45, 7) is 7.25. The number of rotatable bonds is 7. The highest BCUT2D eigenvalue weighted by Gasteiger charge is 2.16. The fraction of sp³-hybridized carbons (Fsp3) is 1.00. The van der Waals surface area contributed by atoms with Crippen molar-refractivity contribution < 1.29 is 4.74 Å². The Morgan fingerprint density at radius 2 is 2.23 bits per heavy atom. The van der Waals surface area contributed by atoms with E-state index in [1.165, 1.54) is 25.7 Å². The van der Waals surface area contributed by atoms with Crippen molar-refractivity contribution in [3.63, 3.8) is 0 Å². The summed E-state index contributed by atoms with van der Waals surface area (Å²) < 4.78 is 5.69. The molecule has 0 radical (unpaired) electrons. The van der Waals surface area contributed by atoms with Gasteiger partial charge in [0.2, 0.25) is 0 Å². The maximum absolute atomic E-state index is 5.69. The SMILES string of the molecule is CCNCC(C)OCCC1CCC1. The standard InChI is InChI=1S/C11H23NO/c1-3-12-9-10(2)13-8-7-11-5-4-6-11/h10-12H,3-9H2,1-2H3. The van der Waals surface area contributed by atoms with Crippen LogP contribution in [0.4, 0.5) is 0 Å². The molecule has 0 aromatic heterocycles. The number of hydrogen-bond acceptors (Lipinski definition) is 2. The number of nitrogens with one attached hydrogen (secondary N) is 1. The Bertz CT molecular complexity index is 123. The third-order valence-electron chi connectivity index (χ3n) is 2.84. The fourth-order valence-electron chi connectivity index (χ4n) is 1.62. The van der Waals surface area contributed by atoms with Gasteiger partial charge in [-0.3, -0.25) is 0 Å². The first kappa shape index (κ1) is 11.0. The Labute approximate surface area is 82.0 Å². The molecule has 0 heterocycles. The van der Waals surface area contributed by atoms with E-state index in [4.69, 9.17) is 4.74 Å². The molecule has 0 amide bonds. The van der Waals surface area contributed by atoms with Crippen molar-refractivity contribution >= 4 is 0 Å². The smallest absolute Gasteiger partial charge is 0.0671 e. The van der Waals surface area contributed by atoms with Crippen LogP contribution in [-0.4, -0.2) is 25.8 Å². The maximum atomic E-state index is 5.69. The molecule has 1 atom stereocenters. The van der Waals surface area contributed by atoms with E-state index in [1.807, 2.05) is 0 Å². The zero-order chi connectivity index (χ0) is 9.52. The summed E-state index contributed by atoms with van der Waals surface area (Å²) in [6, 6.07) is 0. The van der Waals surface area contributed by atoms with Crippen LogP contribution in [0.2, 0.25) is 0 Å². The molecule has 1 aliphatic rings. The van der Waals surface area contributed by atoms with Crippen LogP contribution in [0.3, 0.4) is 0 Å². The fourth-order valence-corrected chi connectivity index (χ4v) is 1.62. The highest BCUT2D eigenvalue weighted by molar-refractivity contribution is 4.69. The van der Waals surface area contributed by atoms with Crippen molar-refractivity contribution in [2.24, 2.45) is 5.92 Å². The quantitative estimate of drug-likeness (QED) is 0.656. The summed E-state index contributed by atoms with van der Waals surface area (Å²) in [7, 11) is 0. The van der Waals surface area contributed by atoms with Crippen molar-refractivity contribution in [1.29, 1.82) is 0 Å². The van der Waals surface area contributed by atoms with E-state index in [9.17, 15) is 0 Å². The van der Waals surface area contributed by atoms with E-state index < -0.39 is 0 Å². The lowest BCUT2D eigenvalue weighted by atomic mass is 9.83. The van der Waals surface area contributed by atoms with E-state index in [0.29, 0.717) is 6.10 Å². The molecule has 1 rings (SSSR count).